The van der Waals surface area contributed by atoms with Crippen LogP contribution in [-0.2, 0) is 11.2 Å². The summed E-state index contributed by atoms with van der Waals surface area (Å²) in [5.41, 5.74) is 5.72. The molecule has 4 rings (SSSR count). The number of carbonyl (C=O) groups is 1. The van der Waals surface area contributed by atoms with Gasteiger partial charge >= 0.3 is 0 Å². The summed E-state index contributed by atoms with van der Waals surface area (Å²) in [5.74, 6) is 0.726. The topological polar surface area (TPSA) is 54.1 Å². The number of carbonyl (C=O) groups excluding carboxylic acids is 1. The second-order valence-corrected chi connectivity index (χ2v) is 8.17. The monoisotopic (exact) mass is 426 g/mol. The first-order chi connectivity index (χ1) is 15.6. The van der Waals surface area contributed by atoms with Gasteiger partial charge in [0.25, 0.3) is 0 Å². The molecule has 0 bridgehead atoms. The maximum atomic E-state index is 13.2. The van der Waals surface area contributed by atoms with Crippen molar-refractivity contribution in [3.05, 3.63) is 101 Å². The fourth-order valence-corrected chi connectivity index (χ4v) is 4.40. The molecule has 0 saturated carbocycles. The van der Waals surface area contributed by atoms with Gasteiger partial charge in [0.1, 0.15) is 5.75 Å². The number of aromatic amines is 1. The van der Waals surface area contributed by atoms with Gasteiger partial charge < -0.3 is 15.0 Å². The Morgan fingerprint density at radius 2 is 1.75 bits per heavy atom. The summed E-state index contributed by atoms with van der Waals surface area (Å²) in [5, 5.41) is 4.34. The van der Waals surface area contributed by atoms with Crippen LogP contribution in [0.4, 0.5) is 0 Å². The zero-order valence-corrected chi connectivity index (χ0v) is 18.9. The van der Waals surface area contributed by atoms with E-state index in [-0.39, 0.29) is 17.9 Å². The van der Waals surface area contributed by atoms with Gasteiger partial charge in [0.05, 0.1) is 13.2 Å². The van der Waals surface area contributed by atoms with Crippen molar-refractivity contribution in [3.63, 3.8) is 0 Å². The van der Waals surface area contributed by atoms with E-state index >= 15 is 0 Å². The van der Waals surface area contributed by atoms with E-state index in [0.29, 0.717) is 6.42 Å². The van der Waals surface area contributed by atoms with Gasteiger partial charge in [-0.3, -0.25) is 4.79 Å². The van der Waals surface area contributed by atoms with Crippen LogP contribution in [0.5, 0.6) is 5.75 Å². The first-order valence-corrected chi connectivity index (χ1v) is 11.2. The minimum Gasteiger partial charge on any atom is -0.497 e. The van der Waals surface area contributed by atoms with E-state index in [1.807, 2.05) is 55.5 Å². The number of hydrogen-bond acceptors (Lipinski definition) is 2. The lowest BCUT2D eigenvalue weighted by Crippen LogP contribution is -2.28. The average molecular weight is 427 g/mol. The van der Waals surface area contributed by atoms with Gasteiger partial charge in [-0.1, -0.05) is 67.6 Å². The number of para-hydroxylation sites is 1. The predicted molar refractivity (Wildman–Crippen MR) is 130 cm³/mol. The van der Waals surface area contributed by atoms with Crippen molar-refractivity contribution in [2.24, 2.45) is 0 Å². The van der Waals surface area contributed by atoms with Crippen LogP contribution in [0.15, 0.2) is 79.0 Å². The van der Waals surface area contributed by atoms with Gasteiger partial charge in [-0.2, -0.15) is 0 Å². The number of aromatic nitrogens is 1. The minimum atomic E-state index is -0.0890. The smallest absolute Gasteiger partial charge is 0.221 e. The van der Waals surface area contributed by atoms with Gasteiger partial charge in [0, 0.05) is 29.4 Å². The highest BCUT2D eigenvalue weighted by Gasteiger charge is 2.23. The standard InChI is InChI=1S/C28H30N2O2/c1-4-20-12-9-15-24-26(18-29-28(20)24)25(22-13-8-14-23(16-22)32-3)17-27(31)30-19(2)21-10-6-5-7-11-21/h5-16,18-19,25,29H,4,17H2,1-3H3,(H,30,31)/t19-,25-/m0/s1. The quantitative estimate of drug-likeness (QED) is 0.356. The lowest BCUT2D eigenvalue weighted by Gasteiger charge is -2.20. The molecule has 0 saturated heterocycles. The lowest BCUT2D eigenvalue weighted by atomic mass is 9.87. The van der Waals surface area contributed by atoms with Crippen molar-refractivity contribution in [1.82, 2.24) is 10.3 Å². The molecule has 3 aromatic carbocycles. The fourth-order valence-electron chi connectivity index (χ4n) is 4.40. The van der Waals surface area contributed by atoms with Crippen LogP contribution in [0.25, 0.3) is 10.9 Å². The average Bonchev–Trinajstić information content (AvgIpc) is 3.27. The van der Waals surface area contributed by atoms with Crippen LogP contribution < -0.4 is 10.1 Å². The van der Waals surface area contributed by atoms with Crippen LogP contribution in [0.1, 0.15) is 54.5 Å². The van der Waals surface area contributed by atoms with Crippen LogP contribution in [-0.4, -0.2) is 18.0 Å². The summed E-state index contributed by atoms with van der Waals surface area (Å²) in [7, 11) is 1.67. The molecule has 1 heterocycles. The Bertz CT molecular complexity index is 1200. The summed E-state index contributed by atoms with van der Waals surface area (Å²) in [6.07, 6.45) is 3.37. The van der Waals surface area contributed by atoms with Gasteiger partial charge in [0.2, 0.25) is 5.91 Å². The Balaban J connectivity index is 1.68. The molecule has 164 valence electrons. The van der Waals surface area contributed by atoms with Crippen LogP contribution in [0, 0.1) is 0 Å². The molecule has 0 radical (unpaired) electrons. The molecule has 0 fully saturated rings. The molecular weight excluding hydrogens is 396 g/mol. The SMILES string of the molecule is CCc1cccc2c([C@@H](CC(=O)N[C@@H](C)c3ccccc3)c3cccc(OC)c3)c[nH]c12. The van der Waals surface area contributed by atoms with Crippen molar-refractivity contribution in [2.75, 3.05) is 7.11 Å². The lowest BCUT2D eigenvalue weighted by molar-refractivity contribution is -0.121. The molecule has 1 amide bonds. The zero-order chi connectivity index (χ0) is 22.5. The Hall–Kier alpha value is -3.53. The van der Waals surface area contributed by atoms with Crippen LogP contribution in [0.3, 0.4) is 0 Å². The third kappa shape index (κ3) is 4.54. The Labute approximate surface area is 189 Å². The molecule has 4 heteroatoms. The molecule has 2 atom stereocenters. The summed E-state index contributed by atoms with van der Waals surface area (Å²) in [4.78, 5) is 16.6. The number of benzene rings is 3. The number of fused-ring (bicyclic) bond motifs is 1. The molecule has 4 aromatic rings. The fraction of sp³-hybridized carbons (Fsp3) is 0.250. The normalized spacial score (nSPS) is 13.0. The van der Waals surface area contributed by atoms with Crippen LogP contribution >= 0.6 is 0 Å². The summed E-state index contributed by atoms with van der Waals surface area (Å²) in [6, 6.07) is 24.4. The largest absolute Gasteiger partial charge is 0.497 e. The highest BCUT2D eigenvalue weighted by Crippen LogP contribution is 2.36. The molecular formula is C28H30N2O2. The van der Waals surface area contributed by atoms with Gasteiger partial charge in [-0.15, -0.1) is 0 Å². The van der Waals surface area contributed by atoms with Gasteiger partial charge in [0.15, 0.2) is 0 Å². The van der Waals surface area contributed by atoms with E-state index in [1.54, 1.807) is 7.11 Å². The third-order valence-electron chi connectivity index (χ3n) is 6.15. The number of ether oxygens (including phenoxy) is 1. The highest BCUT2D eigenvalue weighted by atomic mass is 16.5. The van der Waals surface area contributed by atoms with Crippen molar-refractivity contribution in [1.29, 1.82) is 0 Å². The number of H-pyrrole nitrogens is 1. The molecule has 32 heavy (non-hydrogen) atoms. The maximum Gasteiger partial charge on any atom is 0.221 e. The van der Waals surface area contributed by atoms with E-state index in [0.717, 1.165) is 34.4 Å². The molecule has 1 aromatic heterocycles. The first-order valence-electron chi connectivity index (χ1n) is 11.2. The molecule has 2 N–H and O–H groups in total. The van der Waals surface area contributed by atoms with Crippen LogP contribution in [0.2, 0.25) is 0 Å². The molecule has 0 spiro atoms. The second-order valence-electron chi connectivity index (χ2n) is 8.17. The second kappa shape index (κ2) is 9.73. The van der Waals surface area contributed by atoms with Gasteiger partial charge in [-0.25, -0.2) is 0 Å². The number of rotatable bonds is 8. The predicted octanol–water partition coefficient (Wildman–Crippen LogP) is 6.14. The number of methoxy groups -OCH3 is 1. The van der Waals surface area contributed by atoms with Crippen molar-refractivity contribution < 1.29 is 9.53 Å². The van der Waals surface area contributed by atoms with Gasteiger partial charge in [-0.05, 0) is 47.7 Å². The Morgan fingerprint density at radius 1 is 1.00 bits per heavy atom. The maximum absolute atomic E-state index is 13.2. The number of hydrogen-bond donors (Lipinski definition) is 2. The minimum absolute atomic E-state index is 0.0233. The third-order valence-corrected chi connectivity index (χ3v) is 6.15. The number of nitrogens with one attached hydrogen (secondary N) is 2. The summed E-state index contributed by atoms with van der Waals surface area (Å²) < 4.78 is 5.47. The highest BCUT2D eigenvalue weighted by molar-refractivity contribution is 5.88. The van der Waals surface area contributed by atoms with Crippen molar-refractivity contribution in [2.45, 2.75) is 38.6 Å². The Morgan fingerprint density at radius 3 is 2.50 bits per heavy atom. The van der Waals surface area contributed by atoms with Crippen molar-refractivity contribution in [3.8, 4) is 5.75 Å². The summed E-state index contributed by atoms with van der Waals surface area (Å²) >= 11 is 0. The van der Waals surface area contributed by atoms with E-state index in [2.05, 4.69) is 47.7 Å². The molecule has 0 aliphatic rings. The molecule has 0 aliphatic carbocycles. The summed E-state index contributed by atoms with van der Waals surface area (Å²) in [6.45, 7) is 4.18. The first kappa shape index (κ1) is 21.7. The molecule has 4 nitrogen and oxygen atoms in total. The van der Waals surface area contributed by atoms with E-state index < -0.39 is 0 Å². The molecule has 0 aliphatic heterocycles. The van der Waals surface area contributed by atoms with E-state index in [1.165, 1.54) is 10.9 Å². The van der Waals surface area contributed by atoms with E-state index in [4.69, 9.17) is 4.74 Å². The molecule has 0 unspecified atom stereocenters. The van der Waals surface area contributed by atoms with E-state index in [9.17, 15) is 4.79 Å². The number of aryl methyl sites for hydroxylation is 1. The zero-order valence-electron chi connectivity index (χ0n) is 18.9. The Kier molecular flexibility index (Phi) is 6.60. The number of amides is 1. The van der Waals surface area contributed by atoms with Crippen molar-refractivity contribution >= 4 is 16.8 Å².